The number of nitrogens with zero attached hydrogens (tertiary/aromatic N) is 3. The van der Waals surface area contributed by atoms with Crippen molar-refractivity contribution in [3.05, 3.63) is 55.0 Å². The van der Waals surface area contributed by atoms with Crippen molar-refractivity contribution < 1.29 is 5.21 Å². The van der Waals surface area contributed by atoms with Gasteiger partial charge in [0, 0.05) is 36.5 Å². The minimum atomic E-state index is 0.695. The van der Waals surface area contributed by atoms with Gasteiger partial charge < -0.3 is 4.57 Å². The predicted octanol–water partition coefficient (Wildman–Crippen LogP) is 3.10. The maximum atomic E-state index is 10.2. The summed E-state index contributed by atoms with van der Waals surface area (Å²) in [5, 5.41) is 12.4. The third-order valence-corrected chi connectivity index (χ3v) is 3.02. The van der Waals surface area contributed by atoms with E-state index in [1.807, 2.05) is 42.1 Å². The fraction of sp³-hybridized carbons (Fsp3) is 0.0714. The van der Waals surface area contributed by atoms with Crippen LogP contribution >= 0.6 is 0 Å². The lowest BCUT2D eigenvalue weighted by atomic mass is 10.2. The van der Waals surface area contributed by atoms with Crippen molar-refractivity contribution in [2.45, 2.75) is 0 Å². The van der Waals surface area contributed by atoms with Gasteiger partial charge in [0.2, 0.25) is 0 Å². The molecule has 2 heterocycles. The molecule has 0 aliphatic rings. The minimum absolute atomic E-state index is 0.695. The third-order valence-electron chi connectivity index (χ3n) is 3.02. The van der Waals surface area contributed by atoms with Crippen LogP contribution in [-0.4, -0.2) is 14.8 Å². The number of rotatable bonds is 2. The molecule has 0 radical (unpaired) electrons. The first-order chi connectivity index (χ1) is 8.75. The number of hydrogen-bond donors (Lipinski definition) is 1. The largest absolute Gasteiger partial charge is 0.351 e. The standard InChI is InChI=1S/C14H13N3O/c1-16-9-6-11-10-13(2-3-14(11)16)17(18)12-4-7-15-8-5-12/h2-10,18H,1H3. The molecule has 0 fully saturated rings. The fourth-order valence-electron chi connectivity index (χ4n) is 2.04. The van der Waals surface area contributed by atoms with Gasteiger partial charge in [-0.15, -0.1) is 0 Å². The quantitative estimate of drug-likeness (QED) is 0.699. The molecule has 0 aliphatic heterocycles. The zero-order valence-electron chi connectivity index (χ0n) is 9.99. The molecule has 1 aromatic carbocycles. The van der Waals surface area contributed by atoms with Gasteiger partial charge in [0.15, 0.2) is 0 Å². The monoisotopic (exact) mass is 239 g/mol. The van der Waals surface area contributed by atoms with Crippen LogP contribution in [0, 0.1) is 0 Å². The fourth-order valence-corrected chi connectivity index (χ4v) is 2.04. The Kier molecular flexibility index (Phi) is 2.50. The van der Waals surface area contributed by atoms with Crippen molar-refractivity contribution in [3.63, 3.8) is 0 Å². The second kappa shape index (κ2) is 4.16. The van der Waals surface area contributed by atoms with E-state index in [1.165, 1.54) is 0 Å². The number of anilines is 2. The van der Waals surface area contributed by atoms with Crippen LogP contribution in [0.2, 0.25) is 0 Å². The maximum absolute atomic E-state index is 10.2. The van der Waals surface area contributed by atoms with E-state index in [-0.39, 0.29) is 0 Å². The summed E-state index contributed by atoms with van der Waals surface area (Å²) in [6.07, 6.45) is 5.31. The molecule has 18 heavy (non-hydrogen) atoms. The van der Waals surface area contributed by atoms with Crippen molar-refractivity contribution in [1.82, 2.24) is 9.55 Å². The van der Waals surface area contributed by atoms with Crippen LogP contribution in [0.4, 0.5) is 11.4 Å². The Labute approximate surface area is 105 Å². The zero-order chi connectivity index (χ0) is 12.5. The van der Waals surface area contributed by atoms with Crippen molar-refractivity contribution in [2.75, 3.05) is 5.06 Å². The summed E-state index contributed by atoms with van der Waals surface area (Å²) in [6, 6.07) is 11.4. The highest BCUT2D eigenvalue weighted by atomic mass is 16.5. The van der Waals surface area contributed by atoms with Gasteiger partial charge in [-0.25, -0.2) is 5.06 Å². The van der Waals surface area contributed by atoms with Crippen LogP contribution in [0.15, 0.2) is 55.0 Å². The molecule has 4 heteroatoms. The highest BCUT2D eigenvalue weighted by molar-refractivity contribution is 5.84. The molecule has 3 aromatic rings. The Balaban J connectivity index is 2.04. The lowest BCUT2D eigenvalue weighted by molar-refractivity contribution is 0.301. The molecule has 0 spiro atoms. The average Bonchev–Trinajstić information content (AvgIpc) is 2.80. The summed E-state index contributed by atoms with van der Waals surface area (Å²) in [5.41, 5.74) is 2.57. The van der Waals surface area contributed by atoms with E-state index in [1.54, 1.807) is 24.5 Å². The number of aromatic nitrogens is 2. The van der Waals surface area contributed by atoms with E-state index >= 15 is 0 Å². The average molecular weight is 239 g/mol. The van der Waals surface area contributed by atoms with E-state index in [0.29, 0.717) is 5.69 Å². The zero-order valence-corrected chi connectivity index (χ0v) is 9.99. The first-order valence-corrected chi connectivity index (χ1v) is 5.70. The van der Waals surface area contributed by atoms with E-state index in [9.17, 15) is 5.21 Å². The molecule has 0 unspecified atom stereocenters. The Bertz CT molecular complexity index is 676. The Morgan fingerprint density at radius 2 is 1.83 bits per heavy atom. The highest BCUT2D eigenvalue weighted by Crippen LogP contribution is 2.26. The summed E-state index contributed by atoms with van der Waals surface area (Å²) in [6.45, 7) is 0. The van der Waals surface area contributed by atoms with Crippen LogP contribution < -0.4 is 5.06 Å². The lowest BCUT2D eigenvalue weighted by Crippen LogP contribution is -2.10. The van der Waals surface area contributed by atoms with E-state index < -0.39 is 0 Å². The molecule has 1 N–H and O–H groups in total. The second-order valence-electron chi connectivity index (χ2n) is 4.19. The van der Waals surface area contributed by atoms with E-state index in [2.05, 4.69) is 4.98 Å². The molecule has 2 aromatic heterocycles. The van der Waals surface area contributed by atoms with Crippen LogP contribution in [0.25, 0.3) is 10.9 Å². The van der Waals surface area contributed by atoms with Gasteiger partial charge in [-0.05, 0) is 36.4 Å². The summed E-state index contributed by atoms with van der Waals surface area (Å²) < 4.78 is 2.05. The van der Waals surface area contributed by atoms with Gasteiger partial charge in [0.1, 0.15) is 0 Å². The number of hydrogen-bond acceptors (Lipinski definition) is 3. The second-order valence-corrected chi connectivity index (χ2v) is 4.19. The Hall–Kier alpha value is -2.33. The Morgan fingerprint density at radius 3 is 2.61 bits per heavy atom. The van der Waals surface area contributed by atoms with E-state index in [0.717, 1.165) is 21.7 Å². The molecule has 90 valence electrons. The highest BCUT2D eigenvalue weighted by Gasteiger charge is 2.07. The molecule has 0 aliphatic carbocycles. The molecule has 0 amide bonds. The minimum Gasteiger partial charge on any atom is -0.351 e. The first kappa shape index (κ1) is 10.8. The summed E-state index contributed by atoms with van der Waals surface area (Å²) in [7, 11) is 2.00. The molecule has 3 rings (SSSR count). The van der Waals surface area contributed by atoms with Crippen LogP contribution in [-0.2, 0) is 7.05 Å². The molecule has 4 nitrogen and oxygen atoms in total. The SMILES string of the molecule is Cn1ccc2cc(N(O)c3ccncc3)ccc21. The molecular formula is C14H13N3O. The molecule has 0 bridgehead atoms. The van der Waals surface area contributed by atoms with Gasteiger partial charge in [-0.2, -0.15) is 0 Å². The number of pyridine rings is 1. The van der Waals surface area contributed by atoms with Crippen molar-refractivity contribution in [2.24, 2.45) is 7.05 Å². The molecule has 0 saturated heterocycles. The smallest absolute Gasteiger partial charge is 0.0723 e. The first-order valence-electron chi connectivity index (χ1n) is 5.70. The number of aryl methyl sites for hydroxylation is 1. The van der Waals surface area contributed by atoms with Crippen molar-refractivity contribution >= 4 is 22.3 Å². The number of benzene rings is 1. The Morgan fingerprint density at radius 1 is 1.06 bits per heavy atom. The van der Waals surface area contributed by atoms with Gasteiger partial charge in [0.05, 0.1) is 11.4 Å². The normalized spacial score (nSPS) is 10.8. The molecule has 0 atom stereocenters. The molecular weight excluding hydrogens is 226 g/mol. The number of fused-ring (bicyclic) bond motifs is 1. The van der Waals surface area contributed by atoms with E-state index in [4.69, 9.17) is 0 Å². The third kappa shape index (κ3) is 1.72. The van der Waals surface area contributed by atoms with Gasteiger partial charge in [-0.1, -0.05) is 0 Å². The topological polar surface area (TPSA) is 41.3 Å². The van der Waals surface area contributed by atoms with Crippen LogP contribution in [0.5, 0.6) is 0 Å². The molecule has 0 saturated carbocycles. The maximum Gasteiger partial charge on any atom is 0.0723 e. The van der Waals surface area contributed by atoms with Gasteiger partial charge in [0.25, 0.3) is 0 Å². The van der Waals surface area contributed by atoms with Crippen LogP contribution in [0.3, 0.4) is 0 Å². The predicted molar refractivity (Wildman–Crippen MR) is 71.1 cm³/mol. The summed E-state index contributed by atoms with van der Waals surface area (Å²) in [4.78, 5) is 3.93. The van der Waals surface area contributed by atoms with Gasteiger partial charge in [-0.3, -0.25) is 10.2 Å². The van der Waals surface area contributed by atoms with Crippen molar-refractivity contribution in [3.8, 4) is 0 Å². The van der Waals surface area contributed by atoms with Gasteiger partial charge >= 0.3 is 0 Å². The van der Waals surface area contributed by atoms with Crippen molar-refractivity contribution in [1.29, 1.82) is 0 Å². The van der Waals surface area contributed by atoms with Crippen LogP contribution in [0.1, 0.15) is 0 Å². The summed E-state index contributed by atoms with van der Waals surface area (Å²) in [5.74, 6) is 0. The summed E-state index contributed by atoms with van der Waals surface area (Å²) >= 11 is 0. The lowest BCUT2D eigenvalue weighted by Gasteiger charge is -2.16.